The van der Waals surface area contributed by atoms with E-state index in [9.17, 15) is 9.59 Å². The van der Waals surface area contributed by atoms with Gasteiger partial charge in [0.2, 0.25) is 5.91 Å². The Morgan fingerprint density at radius 2 is 2.00 bits per heavy atom. The molecule has 0 aromatic rings. The zero-order chi connectivity index (χ0) is 12.9. The summed E-state index contributed by atoms with van der Waals surface area (Å²) < 4.78 is 4.71. The lowest BCUT2D eigenvalue weighted by Gasteiger charge is -2.03. The van der Waals surface area contributed by atoms with Crippen LogP contribution in [0.4, 0.5) is 0 Å². The van der Waals surface area contributed by atoms with E-state index in [-0.39, 0.29) is 11.9 Å². The lowest BCUT2D eigenvalue weighted by molar-refractivity contribution is -0.137. The van der Waals surface area contributed by atoms with Crippen molar-refractivity contribution in [3.8, 4) is 0 Å². The first-order chi connectivity index (χ1) is 8.20. The van der Waals surface area contributed by atoms with E-state index in [4.69, 9.17) is 4.74 Å². The number of hydrogen-bond acceptors (Lipinski definition) is 4. The Bertz CT molecular complexity index is 252. The van der Waals surface area contributed by atoms with Crippen molar-refractivity contribution in [2.24, 2.45) is 0 Å². The first-order valence-electron chi connectivity index (χ1n) is 6.01. The molecule has 0 aromatic heterocycles. The standard InChI is InChI=1S/C12H22N2O3/c1-3-8-14-11(15)7-10-13-9-5-6-12(16)17-4-2/h5-6,13H,3-4,7-10H2,1-2H3,(H,14,15)/b6-5+. The van der Waals surface area contributed by atoms with Crippen molar-refractivity contribution in [2.75, 3.05) is 26.2 Å². The molecule has 0 aliphatic rings. The lowest BCUT2D eigenvalue weighted by atomic mass is 10.3. The van der Waals surface area contributed by atoms with Crippen LogP contribution in [0.2, 0.25) is 0 Å². The van der Waals surface area contributed by atoms with Crippen molar-refractivity contribution in [3.05, 3.63) is 12.2 Å². The molecule has 0 saturated heterocycles. The molecule has 5 nitrogen and oxygen atoms in total. The van der Waals surface area contributed by atoms with E-state index in [1.165, 1.54) is 6.08 Å². The average molecular weight is 242 g/mol. The van der Waals surface area contributed by atoms with Gasteiger partial charge in [0.15, 0.2) is 0 Å². The predicted molar refractivity (Wildman–Crippen MR) is 66.6 cm³/mol. The molecule has 2 N–H and O–H groups in total. The maximum Gasteiger partial charge on any atom is 0.330 e. The maximum absolute atomic E-state index is 11.2. The van der Waals surface area contributed by atoms with Gasteiger partial charge in [-0.15, -0.1) is 0 Å². The summed E-state index contributed by atoms with van der Waals surface area (Å²) in [7, 11) is 0. The lowest BCUT2D eigenvalue weighted by Crippen LogP contribution is -2.28. The van der Waals surface area contributed by atoms with E-state index < -0.39 is 0 Å². The summed E-state index contributed by atoms with van der Waals surface area (Å²) in [4.78, 5) is 22.1. The van der Waals surface area contributed by atoms with Crippen LogP contribution >= 0.6 is 0 Å². The molecule has 98 valence electrons. The van der Waals surface area contributed by atoms with E-state index in [1.807, 2.05) is 6.92 Å². The first kappa shape index (κ1) is 15.6. The van der Waals surface area contributed by atoms with E-state index in [0.717, 1.165) is 13.0 Å². The van der Waals surface area contributed by atoms with Crippen molar-refractivity contribution >= 4 is 11.9 Å². The van der Waals surface area contributed by atoms with Gasteiger partial charge in [0.25, 0.3) is 0 Å². The number of hydrogen-bond donors (Lipinski definition) is 2. The third kappa shape index (κ3) is 10.9. The maximum atomic E-state index is 11.2. The Morgan fingerprint density at radius 3 is 2.65 bits per heavy atom. The van der Waals surface area contributed by atoms with Crippen LogP contribution in [0.1, 0.15) is 26.7 Å². The summed E-state index contributed by atoms with van der Waals surface area (Å²) in [6.45, 7) is 6.04. The fraction of sp³-hybridized carbons (Fsp3) is 0.667. The van der Waals surface area contributed by atoms with Crippen LogP contribution in [0.25, 0.3) is 0 Å². The van der Waals surface area contributed by atoms with Crippen LogP contribution in [-0.2, 0) is 14.3 Å². The highest BCUT2D eigenvalue weighted by atomic mass is 16.5. The Hall–Kier alpha value is -1.36. The number of esters is 1. The number of nitrogens with one attached hydrogen (secondary N) is 2. The minimum atomic E-state index is -0.338. The molecule has 1 amide bonds. The molecule has 0 bridgehead atoms. The van der Waals surface area contributed by atoms with Crippen LogP contribution in [0.15, 0.2) is 12.2 Å². The van der Waals surface area contributed by atoms with Gasteiger partial charge in [-0.2, -0.15) is 0 Å². The second-order valence-electron chi connectivity index (χ2n) is 3.46. The number of carbonyl (C=O) groups is 2. The molecule has 0 saturated carbocycles. The van der Waals surface area contributed by atoms with Crippen molar-refractivity contribution in [1.29, 1.82) is 0 Å². The van der Waals surface area contributed by atoms with E-state index >= 15 is 0 Å². The predicted octanol–water partition coefficient (Wildman–Crippen LogP) is 0.612. The summed E-state index contributed by atoms with van der Waals surface area (Å²) in [6.07, 6.45) is 4.46. The Morgan fingerprint density at radius 1 is 1.24 bits per heavy atom. The molecule has 0 unspecified atom stereocenters. The van der Waals surface area contributed by atoms with Crippen LogP contribution in [0.3, 0.4) is 0 Å². The Labute approximate surface area is 103 Å². The van der Waals surface area contributed by atoms with Gasteiger partial charge in [-0.05, 0) is 13.3 Å². The van der Waals surface area contributed by atoms with Gasteiger partial charge in [0.05, 0.1) is 6.61 Å². The van der Waals surface area contributed by atoms with Gasteiger partial charge < -0.3 is 15.4 Å². The number of rotatable bonds is 9. The molecule has 0 fully saturated rings. The summed E-state index contributed by atoms with van der Waals surface area (Å²) >= 11 is 0. The van der Waals surface area contributed by atoms with Crippen molar-refractivity contribution in [1.82, 2.24) is 10.6 Å². The second kappa shape index (κ2) is 11.1. The van der Waals surface area contributed by atoms with Gasteiger partial charge >= 0.3 is 5.97 Å². The minimum absolute atomic E-state index is 0.0497. The molecular formula is C12H22N2O3. The van der Waals surface area contributed by atoms with E-state index in [1.54, 1.807) is 13.0 Å². The topological polar surface area (TPSA) is 67.4 Å². The highest BCUT2D eigenvalue weighted by Crippen LogP contribution is 1.82. The van der Waals surface area contributed by atoms with Gasteiger partial charge in [0.1, 0.15) is 0 Å². The molecule has 0 radical (unpaired) electrons. The first-order valence-corrected chi connectivity index (χ1v) is 6.01. The summed E-state index contributed by atoms with van der Waals surface area (Å²) in [6, 6.07) is 0. The molecular weight excluding hydrogens is 220 g/mol. The van der Waals surface area contributed by atoms with Gasteiger partial charge in [-0.1, -0.05) is 13.0 Å². The second-order valence-corrected chi connectivity index (χ2v) is 3.46. The zero-order valence-electron chi connectivity index (χ0n) is 10.6. The van der Waals surface area contributed by atoms with Crippen LogP contribution < -0.4 is 10.6 Å². The fourth-order valence-corrected chi connectivity index (χ4v) is 1.09. The summed E-state index contributed by atoms with van der Waals surface area (Å²) in [5.74, 6) is -0.288. The minimum Gasteiger partial charge on any atom is -0.463 e. The van der Waals surface area contributed by atoms with Crippen LogP contribution in [0.5, 0.6) is 0 Å². The number of carbonyl (C=O) groups excluding carboxylic acids is 2. The quantitative estimate of drug-likeness (QED) is 0.353. The normalized spacial score (nSPS) is 10.5. The van der Waals surface area contributed by atoms with Crippen LogP contribution in [-0.4, -0.2) is 38.1 Å². The molecule has 0 atom stereocenters. The van der Waals surface area contributed by atoms with E-state index in [2.05, 4.69) is 10.6 Å². The molecule has 0 aromatic carbocycles. The SMILES string of the molecule is CCCNC(=O)CCNC/C=C/C(=O)OCC. The number of amides is 1. The molecule has 0 aliphatic heterocycles. The molecule has 17 heavy (non-hydrogen) atoms. The third-order valence-electron chi connectivity index (χ3n) is 1.90. The summed E-state index contributed by atoms with van der Waals surface area (Å²) in [5.41, 5.74) is 0. The molecule has 0 spiro atoms. The summed E-state index contributed by atoms with van der Waals surface area (Å²) in [5, 5.41) is 5.82. The Balaban J connectivity index is 3.39. The molecule has 0 heterocycles. The van der Waals surface area contributed by atoms with Crippen molar-refractivity contribution in [2.45, 2.75) is 26.7 Å². The molecule has 5 heteroatoms. The third-order valence-corrected chi connectivity index (χ3v) is 1.90. The highest BCUT2D eigenvalue weighted by molar-refractivity contribution is 5.81. The fourth-order valence-electron chi connectivity index (χ4n) is 1.09. The molecule has 0 rings (SSSR count). The average Bonchev–Trinajstić information content (AvgIpc) is 2.31. The van der Waals surface area contributed by atoms with Gasteiger partial charge in [0, 0.05) is 32.1 Å². The van der Waals surface area contributed by atoms with Crippen molar-refractivity contribution < 1.29 is 14.3 Å². The van der Waals surface area contributed by atoms with Crippen molar-refractivity contribution in [3.63, 3.8) is 0 Å². The Kier molecular flexibility index (Phi) is 10.2. The molecule has 0 aliphatic carbocycles. The van der Waals surface area contributed by atoms with Gasteiger partial charge in [-0.3, -0.25) is 4.79 Å². The highest BCUT2D eigenvalue weighted by Gasteiger charge is 1.98. The zero-order valence-corrected chi connectivity index (χ0v) is 10.6. The van der Waals surface area contributed by atoms with Gasteiger partial charge in [-0.25, -0.2) is 4.79 Å². The van der Waals surface area contributed by atoms with E-state index in [0.29, 0.717) is 26.1 Å². The monoisotopic (exact) mass is 242 g/mol. The van der Waals surface area contributed by atoms with Crippen LogP contribution in [0, 0.1) is 0 Å². The smallest absolute Gasteiger partial charge is 0.330 e. The largest absolute Gasteiger partial charge is 0.463 e. The number of ether oxygens (including phenoxy) is 1.